The number of para-hydroxylation sites is 1. The van der Waals surface area contributed by atoms with E-state index in [0.717, 1.165) is 34.0 Å². The standard InChI is InChI=1S/C24H24N4O2S/c1-16-9-7-8-12-21(16)25-22(29)15-31-24-27-26-23(20-13-14-30-18(20)3)28(24)17(2)19-10-5-4-6-11-19/h4-14,17H,15H2,1-3H3,(H,25,29). The zero-order valence-electron chi connectivity index (χ0n) is 17.7. The van der Waals surface area contributed by atoms with Gasteiger partial charge in [0.05, 0.1) is 23.6 Å². The van der Waals surface area contributed by atoms with Crippen LogP contribution in [-0.4, -0.2) is 26.4 Å². The fourth-order valence-electron chi connectivity index (χ4n) is 3.44. The molecule has 2 heterocycles. The summed E-state index contributed by atoms with van der Waals surface area (Å²) in [6.45, 7) is 5.99. The van der Waals surface area contributed by atoms with Crippen molar-refractivity contribution < 1.29 is 9.21 Å². The van der Waals surface area contributed by atoms with Gasteiger partial charge in [0, 0.05) is 5.69 Å². The van der Waals surface area contributed by atoms with Gasteiger partial charge >= 0.3 is 0 Å². The van der Waals surface area contributed by atoms with Gasteiger partial charge in [-0.2, -0.15) is 0 Å². The van der Waals surface area contributed by atoms with Crippen LogP contribution in [0, 0.1) is 13.8 Å². The Morgan fingerprint density at radius 1 is 1.06 bits per heavy atom. The lowest BCUT2D eigenvalue weighted by Gasteiger charge is -2.18. The Morgan fingerprint density at radius 3 is 2.52 bits per heavy atom. The number of amides is 1. The van der Waals surface area contributed by atoms with E-state index in [-0.39, 0.29) is 17.7 Å². The van der Waals surface area contributed by atoms with Gasteiger partial charge in [0.2, 0.25) is 5.91 Å². The van der Waals surface area contributed by atoms with E-state index in [1.165, 1.54) is 11.8 Å². The zero-order chi connectivity index (χ0) is 21.8. The van der Waals surface area contributed by atoms with Crippen LogP contribution in [0.3, 0.4) is 0 Å². The van der Waals surface area contributed by atoms with Crippen LogP contribution in [0.4, 0.5) is 5.69 Å². The molecule has 0 aliphatic heterocycles. The number of nitrogens with zero attached hydrogens (tertiary/aromatic N) is 3. The van der Waals surface area contributed by atoms with Crippen LogP contribution in [0.15, 0.2) is 76.5 Å². The van der Waals surface area contributed by atoms with Gasteiger partial charge in [0.15, 0.2) is 11.0 Å². The van der Waals surface area contributed by atoms with Crippen LogP contribution in [-0.2, 0) is 4.79 Å². The van der Waals surface area contributed by atoms with E-state index < -0.39 is 0 Å². The summed E-state index contributed by atoms with van der Waals surface area (Å²) in [5.41, 5.74) is 3.88. The van der Waals surface area contributed by atoms with E-state index >= 15 is 0 Å². The monoisotopic (exact) mass is 432 g/mol. The number of aromatic nitrogens is 3. The summed E-state index contributed by atoms with van der Waals surface area (Å²) in [4.78, 5) is 12.6. The maximum absolute atomic E-state index is 12.6. The van der Waals surface area contributed by atoms with Gasteiger partial charge in [-0.15, -0.1) is 10.2 Å². The molecule has 158 valence electrons. The zero-order valence-corrected chi connectivity index (χ0v) is 18.5. The summed E-state index contributed by atoms with van der Waals surface area (Å²) >= 11 is 1.37. The molecule has 0 spiro atoms. The number of rotatable bonds is 7. The first-order valence-electron chi connectivity index (χ1n) is 10.1. The average molecular weight is 433 g/mol. The van der Waals surface area contributed by atoms with Crippen molar-refractivity contribution in [1.82, 2.24) is 14.8 Å². The van der Waals surface area contributed by atoms with E-state index in [9.17, 15) is 4.79 Å². The smallest absolute Gasteiger partial charge is 0.234 e. The molecule has 0 saturated heterocycles. The minimum Gasteiger partial charge on any atom is -0.469 e. The lowest BCUT2D eigenvalue weighted by Crippen LogP contribution is -2.16. The van der Waals surface area contributed by atoms with Gasteiger partial charge in [-0.25, -0.2) is 0 Å². The lowest BCUT2D eigenvalue weighted by atomic mass is 10.1. The molecule has 6 nitrogen and oxygen atoms in total. The number of aryl methyl sites for hydroxylation is 2. The highest BCUT2D eigenvalue weighted by Gasteiger charge is 2.23. The van der Waals surface area contributed by atoms with Crippen molar-refractivity contribution in [3.05, 3.63) is 83.8 Å². The maximum atomic E-state index is 12.6. The molecule has 1 unspecified atom stereocenters. The predicted octanol–water partition coefficient (Wildman–Crippen LogP) is 5.50. The van der Waals surface area contributed by atoms with Crippen molar-refractivity contribution in [2.24, 2.45) is 0 Å². The number of hydrogen-bond acceptors (Lipinski definition) is 5. The maximum Gasteiger partial charge on any atom is 0.234 e. The van der Waals surface area contributed by atoms with Crippen molar-refractivity contribution in [2.45, 2.75) is 32.0 Å². The highest BCUT2D eigenvalue weighted by atomic mass is 32.2. The second-order valence-corrected chi connectivity index (χ2v) is 8.25. The second-order valence-electron chi connectivity index (χ2n) is 7.31. The minimum atomic E-state index is -0.0812. The number of anilines is 1. The third-order valence-corrected chi connectivity index (χ3v) is 6.13. The Balaban J connectivity index is 1.60. The average Bonchev–Trinajstić information content (AvgIpc) is 3.39. The number of furan rings is 1. The Morgan fingerprint density at radius 2 is 1.81 bits per heavy atom. The molecule has 0 radical (unpaired) electrons. The Labute approximate surface area is 185 Å². The molecule has 0 aliphatic carbocycles. The van der Waals surface area contributed by atoms with E-state index in [2.05, 4.69) is 39.1 Å². The molecule has 1 atom stereocenters. The molecule has 4 aromatic rings. The first-order valence-corrected chi connectivity index (χ1v) is 11.1. The number of hydrogen-bond donors (Lipinski definition) is 1. The quantitative estimate of drug-likeness (QED) is 0.391. The summed E-state index contributed by atoms with van der Waals surface area (Å²) in [5.74, 6) is 1.66. The highest BCUT2D eigenvalue weighted by Crippen LogP contribution is 2.32. The minimum absolute atomic E-state index is 0.0116. The van der Waals surface area contributed by atoms with Gasteiger partial charge in [0.1, 0.15) is 5.76 Å². The molecule has 7 heteroatoms. The number of benzene rings is 2. The summed E-state index contributed by atoms with van der Waals surface area (Å²) in [6, 6.07) is 19.8. The molecule has 4 rings (SSSR count). The molecule has 0 bridgehead atoms. The number of carbonyl (C=O) groups is 1. The van der Waals surface area contributed by atoms with Crippen molar-refractivity contribution in [3.8, 4) is 11.4 Å². The second kappa shape index (κ2) is 9.22. The third kappa shape index (κ3) is 4.56. The molecule has 2 aromatic heterocycles. The summed E-state index contributed by atoms with van der Waals surface area (Å²) < 4.78 is 7.56. The fraction of sp³-hybridized carbons (Fsp3) is 0.208. The van der Waals surface area contributed by atoms with Crippen LogP contribution >= 0.6 is 11.8 Å². The fourth-order valence-corrected chi connectivity index (χ4v) is 4.25. The summed E-state index contributed by atoms with van der Waals surface area (Å²) in [6.07, 6.45) is 1.65. The summed E-state index contributed by atoms with van der Waals surface area (Å²) in [7, 11) is 0. The van der Waals surface area contributed by atoms with Crippen LogP contribution in [0.25, 0.3) is 11.4 Å². The Hall–Kier alpha value is -3.32. The van der Waals surface area contributed by atoms with E-state index in [4.69, 9.17) is 4.42 Å². The molecule has 2 aromatic carbocycles. The van der Waals surface area contributed by atoms with E-state index in [1.807, 2.05) is 62.4 Å². The predicted molar refractivity (Wildman–Crippen MR) is 123 cm³/mol. The first-order chi connectivity index (χ1) is 15.0. The van der Waals surface area contributed by atoms with Crippen LogP contribution in [0.1, 0.15) is 29.9 Å². The largest absolute Gasteiger partial charge is 0.469 e. The van der Waals surface area contributed by atoms with Crippen LogP contribution in [0.2, 0.25) is 0 Å². The van der Waals surface area contributed by atoms with Gasteiger partial charge in [-0.3, -0.25) is 9.36 Å². The van der Waals surface area contributed by atoms with Crippen molar-refractivity contribution in [3.63, 3.8) is 0 Å². The molecule has 1 amide bonds. The number of thioether (sulfide) groups is 1. The number of nitrogens with one attached hydrogen (secondary N) is 1. The Kier molecular flexibility index (Phi) is 6.23. The van der Waals surface area contributed by atoms with Gasteiger partial charge in [0.25, 0.3) is 0 Å². The molecule has 1 N–H and O–H groups in total. The summed E-state index contributed by atoms with van der Waals surface area (Å²) in [5, 5.41) is 12.5. The van der Waals surface area contributed by atoms with E-state index in [0.29, 0.717) is 5.16 Å². The van der Waals surface area contributed by atoms with Crippen LogP contribution in [0.5, 0.6) is 0 Å². The molecule has 0 aliphatic rings. The third-order valence-electron chi connectivity index (χ3n) is 5.19. The molecule has 0 saturated carbocycles. The normalized spacial score (nSPS) is 12.0. The molecular weight excluding hydrogens is 408 g/mol. The highest BCUT2D eigenvalue weighted by molar-refractivity contribution is 7.99. The lowest BCUT2D eigenvalue weighted by molar-refractivity contribution is -0.113. The van der Waals surface area contributed by atoms with Crippen molar-refractivity contribution in [1.29, 1.82) is 0 Å². The Bertz CT molecular complexity index is 1180. The molecule has 31 heavy (non-hydrogen) atoms. The van der Waals surface area contributed by atoms with Crippen molar-refractivity contribution >= 4 is 23.4 Å². The first kappa shape index (κ1) is 20.9. The van der Waals surface area contributed by atoms with Crippen LogP contribution < -0.4 is 5.32 Å². The van der Waals surface area contributed by atoms with Gasteiger partial charge in [-0.1, -0.05) is 60.3 Å². The van der Waals surface area contributed by atoms with Gasteiger partial charge in [-0.05, 0) is 44.0 Å². The molecular formula is C24H24N4O2S. The van der Waals surface area contributed by atoms with E-state index in [1.54, 1.807) is 6.26 Å². The number of carbonyl (C=O) groups excluding carboxylic acids is 1. The SMILES string of the molecule is Cc1ccccc1NC(=O)CSc1nnc(-c2ccoc2C)n1C(C)c1ccccc1. The molecule has 0 fully saturated rings. The van der Waals surface area contributed by atoms with Crippen molar-refractivity contribution in [2.75, 3.05) is 11.1 Å². The van der Waals surface area contributed by atoms with Gasteiger partial charge < -0.3 is 9.73 Å². The topological polar surface area (TPSA) is 73.0 Å².